The number of hydrogen-bond acceptors (Lipinski definition) is 6. The summed E-state index contributed by atoms with van der Waals surface area (Å²) in [5.74, 6) is 0.648. The van der Waals surface area contributed by atoms with Crippen molar-refractivity contribution < 1.29 is 28.9 Å². The number of nitrogens with one attached hydrogen (secondary N) is 1. The maximum Gasteiger partial charge on any atom is 0.322 e. The summed E-state index contributed by atoms with van der Waals surface area (Å²) in [6, 6.07) is 6.54. The number of ether oxygens (including phenoxy) is 3. The Balaban J connectivity index is 1.71. The van der Waals surface area contributed by atoms with Crippen LogP contribution in [0.1, 0.15) is 19.3 Å². The van der Waals surface area contributed by atoms with Crippen molar-refractivity contribution in [3.05, 3.63) is 24.3 Å². The van der Waals surface area contributed by atoms with Gasteiger partial charge in [0.25, 0.3) is 0 Å². The number of carbonyl (C=O) groups excluding carboxylic acids is 2. The molecule has 2 aliphatic rings. The lowest BCUT2D eigenvalue weighted by Gasteiger charge is -2.44. The molecule has 4 atom stereocenters. The third-order valence-corrected chi connectivity index (χ3v) is 5.46. The van der Waals surface area contributed by atoms with E-state index in [1.54, 1.807) is 55.3 Å². The van der Waals surface area contributed by atoms with Crippen LogP contribution in [0.15, 0.2) is 24.3 Å². The number of amides is 3. The molecule has 30 heavy (non-hydrogen) atoms. The minimum atomic E-state index is -0.782. The molecule has 9 nitrogen and oxygen atoms in total. The summed E-state index contributed by atoms with van der Waals surface area (Å²) in [5.41, 5.74) is 0.606. The second kappa shape index (κ2) is 10.1. The Bertz CT molecular complexity index is 743. The van der Waals surface area contributed by atoms with Crippen molar-refractivity contribution in [3.63, 3.8) is 0 Å². The van der Waals surface area contributed by atoms with Gasteiger partial charge in [0.15, 0.2) is 0 Å². The van der Waals surface area contributed by atoms with Crippen LogP contribution in [0.5, 0.6) is 5.75 Å². The maximum atomic E-state index is 13.1. The quantitative estimate of drug-likeness (QED) is 0.761. The highest BCUT2D eigenvalue weighted by Gasteiger charge is 2.40. The first-order chi connectivity index (χ1) is 14.4. The fourth-order valence-corrected chi connectivity index (χ4v) is 3.85. The molecule has 0 radical (unpaired) electrons. The van der Waals surface area contributed by atoms with Crippen LogP contribution >= 0.6 is 0 Å². The first-order valence-corrected chi connectivity index (χ1v) is 10.2. The third kappa shape index (κ3) is 5.62. The summed E-state index contributed by atoms with van der Waals surface area (Å²) in [5, 5.41) is 13.1. The van der Waals surface area contributed by atoms with E-state index in [2.05, 4.69) is 5.32 Å². The van der Waals surface area contributed by atoms with Crippen LogP contribution in [0.2, 0.25) is 0 Å². The number of fused-ring (bicyclic) bond motifs is 1. The lowest BCUT2D eigenvalue weighted by atomic mass is 9.95. The average molecular weight is 421 g/mol. The van der Waals surface area contributed by atoms with E-state index in [0.717, 1.165) is 0 Å². The normalized spacial score (nSPS) is 26.7. The smallest absolute Gasteiger partial charge is 0.322 e. The van der Waals surface area contributed by atoms with Crippen molar-refractivity contribution in [2.45, 2.75) is 43.6 Å². The molecule has 0 unspecified atom stereocenters. The van der Waals surface area contributed by atoms with Crippen LogP contribution < -0.4 is 10.1 Å². The standard InChI is InChI=1S/C21H31N3O6/c1-23(2)20(26)10-17-7-8-18-19(30-17)13-29-12-15(25)11-24(18)21(27)22-14-5-4-6-16(9-14)28-3/h4-6,9,15,17-19,25H,7-8,10-13H2,1-3H3,(H,22,27)/t15-,17+,18-,19+/m1/s1. The highest BCUT2D eigenvalue weighted by atomic mass is 16.5. The Kier molecular flexibility index (Phi) is 7.52. The lowest BCUT2D eigenvalue weighted by molar-refractivity contribution is -0.153. The highest BCUT2D eigenvalue weighted by Crippen LogP contribution is 2.28. The predicted molar refractivity (Wildman–Crippen MR) is 111 cm³/mol. The van der Waals surface area contributed by atoms with Crippen molar-refractivity contribution in [2.75, 3.05) is 46.3 Å². The van der Waals surface area contributed by atoms with Crippen molar-refractivity contribution in [3.8, 4) is 5.75 Å². The number of aliphatic hydroxyl groups is 1. The fraction of sp³-hybridized carbons (Fsp3) is 0.619. The summed E-state index contributed by atoms with van der Waals surface area (Å²) in [4.78, 5) is 28.3. The molecule has 1 aromatic rings. The van der Waals surface area contributed by atoms with Crippen LogP contribution in [0.25, 0.3) is 0 Å². The molecule has 0 bridgehead atoms. The Morgan fingerprint density at radius 1 is 1.30 bits per heavy atom. The fourth-order valence-electron chi connectivity index (χ4n) is 3.85. The van der Waals surface area contributed by atoms with Crippen molar-refractivity contribution in [2.24, 2.45) is 0 Å². The molecule has 9 heteroatoms. The summed E-state index contributed by atoms with van der Waals surface area (Å²) >= 11 is 0. The van der Waals surface area contributed by atoms with E-state index in [4.69, 9.17) is 14.2 Å². The molecule has 3 rings (SSSR count). The number of urea groups is 1. The third-order valence-electron chi connectivity index (χ3n) is 5.46. The number of aliphatic hydroxyl groups excluding tert-OH is 1. The summed E-state index contributed by atoms with van der Waals surface area (Å²) in [6.45, 7) is 0.524. The molecule has 0 spiro atoms. The van der Waals surface area contributed by atoms with Gasteiger partial charge in [-0.3, -0.25) is 4.79 Å². The van der Waals surface area contributed by atoms with Gasteiger partial charge >= 0.3 is 6.03 Å². The van der Waals surface area contributed by atoms with Crippen LogP contribution in [0.4, 0.5) is 10.5 Å². The SMILES string of the molecule is COc1cccc(NC(=O)N2C[C@@H](O)COC[C@@H]3O[C@H](CC(=O)N(C)C)CC[C@H]32)c1. The molecule has 0 aliphatic carbocycles. The van der Waals surface area contributed by atoms with Gasteiger partial charge in [0, 0.05) is 25.8 Å². The number of β-amino-alcohol motifs (C(OH)–C–C–N with tert-alkyl or cyclic N) is 1. The Hall–Kier alpha value is -2.36. The molecule has 166 valence electrons. The second-order valence-electron chi connectivity index (χ2n) is 7.94. The van der Waals surface area contributed by atoms with Crippen molar-refractivity contribution in [1.82, 2.24) is 9.80 Å². The summed E-state index contributed by atoms with van der Waals surface area (Å²) < 4.78 is 17.0. The van der Waals surface area contributed by atoms with Gasteiger partial charge in [-0.1, -0.05) is 6.07 Å². The van der Waals surface area contributed by atoms with E-state index in [1.165, 1.54) is 0 Å². The van der Waals surface area contributed by atoms with Crippen LogP contribution in [0, 0.1) is 0 Å². The zero-order valence-corrected chi connectivity index (χ0v) is 17.7. The molecule has 3 amide bonds. The first kappa shape index (κ1) is 22.3. The minimum absolute atomic E-state index is 0.00765. The molecule has 2 saturated heterocycles. The molecule has 1 aromatic carbocycles. The molecular formula is C21H31N3O6. The molecular weight excluding hydrogens is 390 g/mol. The van der Waals surface area contributed by atoms with E-state index in [-0.39, 0.29) is 49.9 Å². The molecule has 0 aromatic heterocycles. The predicted octanol–water partition coefficient (Wildman–Crippen LogP) is 1.31. The molecule has 2 aliphatic heterocycles. The maximum absolute atomic E-state index is 13.1. The Morgan fingerprint density at radius 3 is 2.83 bits per heavy atom. The molecule has 2 heterocycles. The van der Waals surface area contributed by atoms with Crippen molar-refractivity contribution >= 4 is 17.6 Å². The lowest BCUT2D eigenvalue weighted by Crippen LogP contribution is -2.58. The average Bonchev–Trinajstić information content (AvgIpc) is 2.71. The molecule has 2 fully saturated rings. The van der Waals surface area contributed by atoms with Gasteiger partial charge in [0.05, 0.1) is 51.5 Å². The van der Waals surface area contributed by atoms with Gasteiger partial charge in [-0.05, 0) is 25.0 Å². The number of rotatable bonds is 4. The van der Waals surface area contributed by atoms with E-state index in [9.17, 15) is 14.7 Å². The summed E-state index contributed by atoms with van der Waals surface area (Å²) in [7, 11) is 5.01. The second-order valence-corrected chi connectivity index (χ2v) is 7.94. The van der Waals surface area contributed by atoms with Gasteiger partial charge in [-0.15, -0.1) is 0 Å². The van der Waals surface area contributed by atoms with Crippen LogP contribution in [-0.2, 0) is 14.3 Å². The number of methoxy groups -OCH3 is 1. The Labute approximate surface area is 176 Å². The number of anilines is 1. The van der Waals surface area contributed by atoms with Crippen LogP contribution in [-0.4, -0.2) is 92.2 Å². The molecule has 0 saturated carbocycles. The zero-order valence-electron chi connectivity index (χ0n) is 17.7. The van der Waals surface area contributed by atoms with Gasteiger partial charge in [0.1, 0.15) is 11.9 Å². The van der Waals surface area contributed by atoms with Gasteiger partial charge in [-0.2, -0.15) is 0 Å². The first-order valence-electron chi connectivity index (χ1n) is 10.2. The number of carbonyl (C=O) groups is 2. The van der Waals surface area contributed by atoms with E-state index >= 15 is 0 Å². The Morgan fingerprint density at radius 2 is 2.10 bits per heavy atom. The van der Waals surface area contributed by atoms with E-state index in [1.807, 2.05) is 0 Å². The van der Waals surface area contributed by atoms with Gasteiger partial charge in [-0.25, -0.2) is 4.79 Å². The summed E-state index contributed by atoms with van der Waals surface area (Å²) in [6.07, 6.45) is 0.265. The topological polar surface area (TPSA) is 101 Å². The molecule has 2 N–H and O–H groups in total. The van der Waals surface area contributed by atoms with E-state index < -0.39 is 6.10 Å². The highest BCUT2D eigenvalue weighted by molar-refractivity contribution is 5.89. The number of hydrogen-bond donors (Lipinski definition) is 2. The largest absolute Gasteiger partial charge is 0.497 e. The van der Waals surface area contributed by atoms with Crippen molar-refractivity contribution in [1.29, 1.82) is 0 Å². The monoisotopic (exact) mass is 421 g/mol. The zero-order chi connectivity index (χ0) is 21.7. The van der Waals surface area contributed by atoms with Crippen LogP contribution in [0.3, 0.4) is 0 Å². The van der Waals surface area contributed by atoms with Gasteiger partial charge < -0.3 is 34.4 Å². The minimum Gasteiger partial charge on any atom is -0.497 e. The number of nitrogens with zero attached hydrogens (tertiary/aromatic N) is 2. The van der Waals surface area contributed by atoms with Gasteiger partial charge in [0.2, 0.25) is 5.91 Å². The van der Waals surface area contributed by atoms with E-state index in [0.29, 0.717) is 30.7 Å². The number of benzene rings is 1.